The maximum absolute atomic E-state index is 10.7. The van der Waals surface area contributed by atoms with Crippen LogP contribution in [0.25, 0.3) is 0 Å². The second-order valence-corrected chi connectivity index (χ2v) is 9.02. The molecule has 2 N–H and O–H groups in total. The lowest BCUT2D eigenvalue weighted by atomic mass is 9.78. The highest BCUT2D eigenvalue weighted by molar-refractivity contribution is 6.28. The third-order valence-corrected chi connectivity index (χ3v) is 6.15. The molecule has 1 aliphatic carbocycles. The van der Waals surface area contributed by atoms with E-state index in [1.54, 1.807) is 12.4 Å². The Hall–Kier alpha value is -3.32. The van der Waals surface area contributed by atoms with Gasteiger partial charge in [-0.3, -0.25) is 0 Å². The zero-order chi connectivity index (χ0) is 23.4. The lowest BCUT2D eigenvalue weighted by Gasteiger charge is -2.35. The Bertz CT molecular complexity index is 1080. The van der Waals surface area contributed by atoms with Crippen molar-refractivity contribution >= 4 is 17.7 Å². The van der Waals surface area contributed by atoms with E-state index in [0.717, 1.165) is 17.1 Å². The van der Waals surface area contributed by atoms with Crippen LogP contribution in [0.1, 0.15) is 43.4 Å². The summed E-state index contributed by atoms with van der Waals surface area (Å²) in [6.07, 6.45) is 3.75. The van der Waals surface area contributed by atoms with Gasteiger partial charge < -0.3 is 19.9 Å². The largest absolute Gasteiger partial charge is 0.490 e. The number of aromatic nitrogens is 2. The summed E-state index contributed by atoms with van der Waals surface area (Å²) in [7, 11) is 0. The maximum atomic E-state index is 10.7. The first-order valence-electron chi connectivity index (χ1n) is 10.8. The smallest absolute Gasteiger partial charge is 0.404 e. The zero-order valence-corrected chi connectivity index (χ0v) is 19.2. The summed E-state index contributed by atoms with van der Waals surface area (Å²) in [4.78, 5) is 18.6. The third-order valence-electron chi connectivity index (χ3n) is 5.96. The molecule has 33 heavy (non-hydrogen) atoms. The van der Waals surface area contributed by atoms with Gasteiger partial charge in [0.2, 0.25) is 5.28 Å². The molecule has 1 saturated carbocycles. The molecule has 1 aromatic heterocycles. The molecule has 0 bridgehead atoms. The van der Waals surface area contributed by atoms with Crippen molar-refractivity contribution in [1.82, 2.24) is 15.3 Å². The Morgan fingerprint density at radius 1 is 1.03 bits per heavy atom. The van der Waals surface area contributed by atoms with Crippen LogP contribution >= 0.6 is 11.6 Å². The summed E-state index contributed by atoms with van der Waals surface area (Å²) in [5, 5.41) is 11.5. The lowest BCUT2D eigenvalue weighted by Crippen LogP contribution is -2.48. The number of nitrogens with zero attached hydrogens (tertiary/aromatic N) is 2. The van der Waals surface area contributed by atoms with E-state index in [-0.39, 0.29) is 22.8 Å². The van der Waals surface area contributed by atoms with Gasteiger partial charge in [-0.25, -0.2) is 14.8 Å². The Labute approximate surface area is 197 Å². The summed E-state index contributed by atoms with van der Waals surface area (Å²) in [6.45, 7) is 4.73. The van der Waals surface area contributed by atoms with Gasteiger partial charge in [-0.15, -0.1) is 0 Å². The van der Waals surface area contributed by atoms with E-state index in [0.29, 0.717) is 19.4 Å². The number of carboxylic acid groups (broad SMARTS) is 1. The van der Waals surface area contributed by atoms with Crippen LogP contribution in [0.5, 0.6) is 11.5 Å². The number of rotatable bonds is 8. The Morgan fingerprint density at radius 3 is 2.12 bits per heavy atom. The Morgan fingerprint density at radius 2 is 1.58 bits per heavy atom. The average Bonchev–Trinajstić information content (AvgIpc) is 2.78. The molecule has 0 radical (unpaired) electrons. The van der Waals surface area contributed by atoms with E-state index in [1.165, 1.54) is 11.1 Å². The number of carbonyl (C=O) groups is 1. The molecule has 1 aliphatic rings. The number of hydrogen-bond donors (Lipinski definition) is 2. The van der Waals surface area contributed by atoms with E-state index in [1.807, 2.05) is 24.3 Å². The summed E-state index contributed by atoms with van der Waals surface area (Å²) in [5.41, 5.74) is 2.98. The third kappa shape index (κ3) is 5.73. The fourth-order valence-corrected chi connectivity index (χ4v) is 3.91. The van der Waals surface area contributed by atoms with Crippen molar-refractivity contribution in [3.63, 3.8) is 0 Å². The van der Waals surface area contributed by atoms with E-state index < -0.39 is 6.09 Å². The quantitative estimate of drug-likeness (QED) is 0.441. The molecule has 7 nitrogen and oxygen atoms in total. The number of hydrogen-bond acceptors (Lipinski definition) is 5. The van der Waals surface area contributed by atoms with E-state index in [4.69, 9.17) is 26.2 Å². The number of halogens is 1. The predicted octanol–water partition coefficient (Wildman–Crippen LogP) is 5.21. The fraction of sp³-hybridized carbons (Fsp3) is 0.320. The van der Waals surface area contributed by atoms with E-state index in [2.05, 4.69) is 53.4 Å². The molecule has 0 atom stereocenters. The van der Waals surface area contributed by atoms with Crippen molar-refractivity contribution in [1.29, 1.82) is 0 Å². The van der Waals surface area contributed by atoms with Gasteiger partial charge in [0.1, 0.15) is 24.2 Å². The minimum atomic E-state index is -0.985. The number of ether oxygens (including phenoxy) is 2. The standard InChI is InChI=1S/C25H26ClN3O4/c1-25(2,17-3-7-20(8-4-17)32-15-16-13-27-23(26)28-14-16)18-5-9-21(10-6-18)33-22-11-19(12-22)29-24(30)31/h3-10,13-14,19,22,29H,11-12,15H2,1-2H3,(H,30,31)/t19-,22+. The van der Waals surface area contributed by atoms with Crippen LogP contribution < -0.4 is 14.8 Å². The lowest BCUT2D eigenvalue weighted by molar-refractivity contribution is 0.0833. The van der Waals surface area contributed by atoms with Crippen molar-refractivity contribution < 1.29 is 19.4 Å². The van der Waals surface area contributed by atoms with Crippen LogP contribution in [0.15, 0.2) is 60.9 Å². The van der Waals surface area contributed by atoms with Crippen LogP contribution in [0.2, 0.25) is 5.28 Å². The van der Waals surface area contributed by atoms with Crippen LogP contribution in [0.4, 0.5) is 4.79 Å². The Kier molecular flexibility index (Phi) is 6.70. The molecule has 4 rings (SSSR count). The average molecular weight is 468 g/mol. The first kappa shape index (κ1) is 22.9. The van der Waals surface area contributed by atoms with Gasteiger partial charge in [0.25, 0.3) is 0 Å². The van der Waals surface area contributed by atoms with Gasteiger partial charge in [-0.1, -0.05) is 38.1 Å². The molecular weight excluding hydrogens is 442 g/mol. The van der Waals surface area contributed by atoms with Crippen molar-refractivity contribution in [3.05, 3.63) is 82.9 Å². The topological polar surface area (TPSA) is 93.6 Å². The van der Waals surface area contributed by atoms with Gasteiger partial charge in [-0.05, 0) is 47.0 Å². The summed E-state index contributed by atoms with van der Waals surface area (Å²) in [6, 6.07) is 16.1. The van der Waals surface area contributed by atoms with Crippen LogP contribution in [0, 0.1) is 0 Å². The van der Waals surface area contributed by atoms with E-state index in [9.17, 15) is 4.79 Å². The molecule has 0 aliphatic heterocycles. The van der Waals surface area contributed by atoms with Crippen molar-refractivity contribution in [3.8, 4) is 11.5 Å². The molecule has 0 spiro atoms. The SMILES string of the molecule is CC(C)(c1ccc(OCc2cnc(Cl)nc2)cc1)c1ccc(O[C@H]2C[C@@H](NC(=O)O)C2)cc1. The second kappa shape index (κ2) is 9.67. The number of amides is 1. The van der Waals surface area contributed by atoms with Crippen molar-refractivity contribution in [2.45, 2.75) is 50.9 Å². The van der Waals surface area contributed by atoms with Gasteiger partial charge >= 0.3 is 6.09 Å². The second-order valence-electron chi connectivity index (χ2n) is 8.68. The van der Waals surface area contributed by atoms with Gasteiger partial charge in [0.15, 0.2) is 0 Å². The van der Waals surface area contributed by atoms with Crippen LogP contribution in [0.3, 0.4) is 0 Å². The van der Waals surface area contributed by atoms with Crippen LogP contribution in [-0.2, 0) is 12.0 Å². The highest BCUT2D eigenvalue weighted by Gasteiger charge is 2.32. The van der Waals surface area contributed by atoms with Gasteiger partial charge in [-0.2, -0.15) is 0 Å². The van der Waals surface area contributed by atoms with Gasteiger partial charge in [0.05, 0.1) is 0 Å². The first-order chi connectivity index (χ1) is 15.8. The van der Waals surface area contributed by atoms with Crippen molar-refractivity contribution in [2.24, 2.45) is 0 Å². The molecule has 3 aromatic rings. The van der Waals surface area contributed by atoms with Crippen LogP contribution in [-0.4, -0.2) is 33.3 Å². The Balaban J connectivity index is 1.33. The molecule has 0 unspecified atom stereocenters. The first-order valence-corrected chi connectivity index (χ1v) is 11.1. The molecule has 1 amide bonds. The fourth-order valence-electron chi connectivity index (χ4n) is 3.81. The minimum Gasteiger partial charge on any atom is -0.490 e. The highest BCUT2D eigenvalue weighted by atomic mass is 35.5. The summed E-state index contributed by atoms with van der Waals surface area (Å²) in [5.74, 6) is 1.56. The number of benzene rings is 2. The molecule has 172 valence electrons. The molecule has 0 saturated heterocycles. The highest BCUT2D eigenvalue weighted by Crippen LogP contribution is 2.34. The summed E-state index contributed by atoms with van der Waals surface area (Å²) >= 11 is 5.71. The molecule has 2 aromatic carbocycles. The molecule has 1 heterocycles. The number of nitrogens with one attached hydrogen (secondary N) is 1. The zero-order valence-electron chi connectivity index (χ0n) is 18.5. The predicted molar refractivity (Wildman–Crippen MR) is 125 cm³/mol. The minimum absolute atomic E-state index is 0.0165. The monoisotopic (exact) mass is 467 g/mol. The van der Waals surface area contributed by atoms with Gasteiger partial charge in [0, 0.05) is 42.3 Å². The molecular formula is C25H26ClN3O4. The van der Waals surface area contributed by atoms with E-state index >= 15 is 0 Å². The molecule has 8 heteroatoms. The van der Waals surface area contributed by atoms with Crippen molar-refractivity contribution in [2.75, 3.05) is 0 Å². The summed E-state index contributed by atoms with van der Waals surface area (Å²) < 4.78 is 11.8. The normalized spacial score (nSPS) is 17.7. The molecule has 1 fully saturated rings. The maximum Gasteiger partial charge on any atom is 0.404 e.